The first-order valence-electron chi connectivity index (χ1n) is 7.67. The molecule has 1 aromatic rings. The van der Waals surface area contributed by atoms with E-state index < -0.39 is 23.8 Å². The molecule has 0 aliphatic carbocycles. The summed E-state index contributed by atoms with van der Waals surface area (Å²) >= 11 is 3.41. The summed E-state index contributed by atoms with van der Waals surface area (Å²) in [4.78, 5) is 39.6. The van der Waals surface area contributed by atoms with Crippen molar-refractivity contribution in [2.24, 2.45) is 5.92 Å². The van der Waals surface area contributed by atoms with Crippen molar-refractivity contribution in [1.29, 1.82) is 0 Å². The molecule has 8 heteroatoms. The first-order valence-corrected chi connectivity index (χ1v) is 8.47. The summed E-state index contributed by atoms with van der Waals surface area (Å²) < 4.78 is 5.92. The predicted octanol–water partition coefficient (Wildman–Crippen LogP) is 1.11. The Morgan fingerprint density at radius 2 is 2.00 bits per heavy atom. The first kappa shape index (κ1) is 16.9. The third kappa shape index (κ3) is 3.03. The number of anilines is 1. The van der Waals surface area contributed by atoms with Crippen molar-refractivity contribution in [3.05, 3.63) is 28.7 Å². The van der Waals surface area contributed by atoms with Crippen LogP contribution < -0.4 is 4.90 Å². The number of morpholine rings is 1. The second kappa shape index (κ2) is 6.90. The number of aliphatic carboxylic acids is 1. The number of amides is 2. The number of ether oxygens (including phenoxy) is 1. The van der Waals surface area contributed by atoms with E-state index in [9.17, 15) is 19.5 Å². The van der Waals surface area contributed by atoms with Gasteiger partial charge in [-0.25, -0.2) is 4.79 Å². The van der Waals surface area contributed by atoms with Crippen LogP contribution in [-0.2, 0) is 19.1 Å². The van der Waals surface area contributed by atoms with E-state index in [0.29, 0.717) is 13.0 Å². The highest BCUT2D eigenvalue weighted by atomic mass is 79.9. The van der Waals surface area contributed by atoms with Crippen LogP contribution in [0.1, 0.15) is 6.42 Å². The molecule has 2 heterocycles. The van der Waals surface area contributed by atoms with E-state index in [1.54, 1.807) is 4.90 Å². The summed E-state index contributed by atoms with van der Waals surface area (Å²) in [6.07, 6.45) is 0.378. The molecule has 0 spiro atoms. The van der Waals surface area contributed by atoms with Crippen LogP contribution in [-0.4, -0.2) is 60.1 Å². The minimum atomic E-state index is -1.11. The zero-order valence-corrected chi connectivity index (χ0v) is 14.4. The van der Waals surface area contributed by atoms with Crippen LogP contribution >= 0.6 is 15.9 Å². The van der Waals surface area contributed by atoms with E-state index in [0.717, 1.165) is 10.2 Å². The molecule has 2 saturated heterocycles. The second-order valence-corrected chi connectivity index (χ2v) is 6.60. The molecule has 0 saturated carbocycles. The largest absolute Gasteiger partial charge is 0.480 e. The number of benzene rings is 1. The van der Waals surface area contributed by atoms with Crippen molar-refractivity contribution in [3.63, 3.8) is 0 Å². The van der Waals surface area contributed by atoms with Crippen molar-refractivity contribution in [2.45, 2.75) is 12.5 Å². The van der Waals surface area contributed by atoms with Gasteiger partial charge in [-0.2, -0.15) is 0 Å². The van der Waals surface area contributed by atoms with Gasteiger partial charge in [-0.15, -0.1) is 0 Å². The molecular formula is C16H17BrN2O5. The molecule has 2 atom stereocenters. The van der Waals surface area contributed by atoms with Gasteiger partial charge in [0.2, 0.25) is 11.8 Å². The number of halogens is 1. The van der Waals surface area contributed by atoms with Crippen molar-refractivity contribution in [3.8, 4) is 0 Å². The van der Waals surface area contributed by atoms with Gasteiger partial charge in [-0.3, -0.25) is 9.59 Å². The Balaban J connectivity index is 1.78. The predicted molar refractivity (Wildman–Crippen MR) is 88.6 cm³/mol. The van der Waals surface area contributed by atoms with Crippen molar-refractivity contribution in [1.82, 2.24) is 4.90 Å². The Morgan fingerprint density at radius 3 is 2.71 bits per heavy atom. The molecule has 0 radical (unpaired) electrons. The number of para-hydroxylation sites is 1. The van der Waals surface area contributed by atoms with E-state index in [-0.39, 0.29) is 25.7 Å². The summed E-state index contributed by atoms with van der Waals surface area (Å²) in [5.41, 5.74) is 0.717. The van der Waals surface area contributed by atoms with Gasteiger partial charge in [0.25, 0.3) is 0 Å². The van der Waals surface area contributed by atoms with Gasteiger partial charge < -0.3 is 19.6 Å². The topological polar surface area (TPSA) is 87.2 Å². The Hall–Kier alpha value is -1.93. The molecule has 2 aliphatic rings. The maximum atomic E-state index is 12.7. The lowest BCUT2D eigenvalue weighted by molar-refractivity contribution is -0.161. The van der Waals surface area contributed by atoms with Crippen molar-refractivity contribution >= 4 is 39.4 Å². The molecule has 0 unspecified atom stereocenters. The molecule has 3 rings (SSSR count). The SMILES string of the molecule is O=C(O)[C@@H]1COCCN1C(=O)[C@@H]1CCN(c2ccccc2Br)C1=O. The molecule has 7 nitrogen and oxygen atoms in total. The molecule has 1 aromatic carbocycles. The third-order valence-electron chi connectivity index (χ3n) is 4.34. The van der Waals surface area contributed by atoms with Gasteiger partial charge in [0.05, 0.1) is 18.9 Å². The molecule has 1 N–H and O–H groups in total. The van der Waals surface area contributed by atoms with Gasteiger partial charge >= 0.3 is 5.97 Å². The van der Waals surface area contributed by atoms with E-state index in [1.165, 1.54) is 4.90 Å². The highest BCUT2D eigenvalue weighted by Crippen LogP contribution is 2.32. The molecule has 2 amide bonds. The standard InChI is InChI=1S/C16H17BrN2O5/c17-11-3-1-2-4-12(11)18-6-5-10(14(18)20)15(21)19-7-8-24-9-13(19)16(22)23/h1-4,10,13H,5-9H2,(H,22,23)/t10-,13+/m1/s1. The van der Waals surface area contributed by atoms with E-state index in [1.807, 2.05) is 24.3 Å². The minimum Gasteiger partial charge on any atom is -0.480 e. The fourth-order valence-electron chi connectivity index (χ4n) is 3.09. The molecule has 128 valence electrons. The number of carbonyl (C=O) groups is 3. The number of carboxylic acid groups (broad SMARTS) is 1. The number of nitrogens with zero attached hydrogens (tertiary/aromatic N) is 2. The maximum Gasteiger partial charge on any atom is 0.328 e. The Morgan fingerprint density at radius 1 is 1.25 bits per heavy atom. The Labute approximate surface area is 147 Å². The summed E-state index contributed by atoms with van der Waals surface area (Å²) in [7, 11) is 0. The van der Waals surface area contributed by atoms with Gasteiger partial charge in [0.15, 0.2) is 6.04 Å². The number of hydrogen-bond donors (Lipinski definition) is 1. The maximum absolute atomic E-state index is 12.7. The lowest BCUT2D eigenvalue weighted by Gasteiger charge is -2.34. The summed E-state index contributed by atoms with van der Waals surface area (Å²) in [5.74, 6) is -2.67. The summed E-state index contributed by atoms with van der Waals surface area (Å²) in [5, 5.41) is 9.26. The molecule has 0 aromatic heterocycles. The second-order valence-electron chi connectivity index (χ2n) is 5.74. The highest BCUT2D eigenvalue weighted by Gasteiger charge is 2.43. The number of hydrogen-bond acceptors (Lipinski definition) is 4. The van der Waals surface area contributed by atoms with Crippen LogP contribution in [0.5, 0.6) is 0 Å². The lowest BCUT2D eigenvalue weighted by Crippen LogP contribution is -2.55. The Kier molecular flexibility index (Phi) is 4.86. The highest BCUT2D eigenvalue weighted by molar-refractivity contribution is 9.10. The zero-order valence-electron chi connectivity index (χ0n) is 12.9. The monoisotopic (exact) mass is 396 g/mol. The minimum absolute atomic E-state index is 0.0457. The van der Waals surface area contributed by atoms with Crippen LogP contribution in [0.4, 0.5) is 5.69 Å². The fraction of sp³-hybridized carbons (Fsp3) is 0.438. The molecule has 24 heavy (non-hydrogen) atoms. The number of carbonyl (C=O) groups excluding carboxylic acids is 2. The normalized spacial score (nSPS) is 24.3. The van der Waals surface area contributed by atoms with E-state index >= 15 is 0 Å². The number of rotatable bonds is 3. The van der Waals surface area contributed by atoms with E-state index in [4.69, 9.17) is 4.74 Å². The molecule has 2 aliphatic heterocycles. The third-order valence-corrected chi connectivity index (χ3v) is 5.01. The van der Waals surface area contributed by atoms with E-state index in [2.05, 4.69) is 15.9 Å². The van der Waals surface area contributed by atoms with Crippen LogP contribution in [0.3, 0.4) is 0 Å². The summed E-state index contributed by atoms with van der Waals surface area (Å²) in [6.45, 7) is 0.856. The smallest absolute Gasteiger partial charge is 0.328 e. The Bertz CT molecular complexity index is 680. The average molecular weight is 397 g/mol. The summed E-state index contributed by atoms with van der Waals surface area (Å²) in [6, 6.07) is 6.29. The number of carboxylic acids is 1. The lowest BCUT2D eigenvalue weighted by atomic mass is 10.0. The average Bonchev–Trinajstić information content (AvgIpc) is 2.96. The van der Waals surface area contributed by atoms with Crippen LogP contribution in [0.25, 0.3) is 0 Å². The quantitative estimate of drug-likeness (QED) is 0.773. The van der Waals surface area contributed by atoms with Crippen molar-refractivity contribution < 1.29 is 24.2 Å². The molecule has 2 fully saturated rings. The van der Waals surface area contributed by atoms with Crippen LogP contribution in [0.15, 0.2) is 28.7 Å². The zero-order chi connectivity index (χ0) is 17.3. The van der Waals surface area contributed by atoms with Gasteiger partial charge in [0, 0.05) is 17.6 Å². The molecular weight excluding hydrogens is 380 g/mol. The van der Waals surface area contributed by atoms with Crippen LogP contribution in [0, 0.1) is 5.92 Å². The fourth-order valence-corrected chi connectivity index (χ4v) is 3.59. The van der Waals surface area contributed by atoms with Gasteiger partial charge in [-0.1, -0.05) is 12.1 Å². The molecule has 0 bridgehead atoms. The van der Waals surface area contributed by atoms with Crippen molar-refractivity contribution in [2.75, 3.05) is 31.2 Å². The van der Waals surface area contributed by atoms with Gasteiger partial charge in [0.1, 0.15) is 5.92 Å². The van der Waals surface area contributed by atoms with Crippen LogP contribution in [0.2, 0.25) is 0 Å². The van der Waals surface area contributed by atoms with Gasteiger partial charge in [-0.05, 0) is 34.5 Å². The first-order chi connectivity index (χ1) is 11.5.